The van der Waals surface area contributed by atoms with Crippen molar-refractivity contribution in [1.29, 1.82) is 0 Å². The van der Waals surface area contributed by atoms with Crippen LogP contribution in [0.1, 0.15) is 32.8 Å². The molecule has 27 heavy (non-hydrogen) atoms. The Balaban J connectivity index is 1.58. The molecule has 1 aromatic rings. The SMILES string of the molecule is CC(C)(C)OC(=O)N1CC2CCOC2C(NC(=O)OCc2ccccc2)C1. The molecule has 2 fully saturated rings. The Morgan fingerprint density at radius 3 is 2.67 bits per heavy atom. The average molecular weight is 376 g/mol. The fraction of sp³-hybridized carbons (Fsp3) is 0.600. The summed E-state index contributed by atoms with van der Waals surface area (Å²) in [6.45, 7) is 7.28. The molecule has 148 valence electrons. The number of piperidine rings is 1. The fourth-order valence-corrected chi connectivity index (χ4v) is 3.51. The van der Waals surface area contributed by atoms with Crippen molar-refractivity contribution in [3.05, 3.63) is 35.9 Å². The summed E-state index contributed by atoms with van der Waals surface area (Å²) in [5.41, 5.74) is 0.360. The van der Waals surface area contributed by atoms with E-state index in [1.54, 1.807) is 4.90 Å². The third kappa shape index (κ3) is 5.35. The molecule has 0 bridgehead atoms. The van der Waals surface area contributed by atoms with Gasteiger partial charge in [0.15, 0.2) is 0 Å². The number of carbonyl (C=O) groups excluding carboxylic acids is 2. The minimum atomic E-state index is -0.558. The van der Waals surface area contributed by atoms with E-state index in [4.69, 9.17) is 14.2 Å². The average Bonchev–Trinajstić information content (AvgIpc) is 3.08. The number of nitrogens with zero attached hydrogens (tertiary/aromatic N) is 1. The molecule has 0 aromatic heterocycles. The summed E-state index contributed by atoms with van der Waals surface area (Å²) in [6.07, 6.45) is -0.115. The largest absolute Gasteiger partial charge is 0.445 e. The van der Waals surface area contributed by atoms with Gasteiger partial charge in [0.2, 0.25) is 0 Å². The molecule has 0 spiro atoms. The third-order valence-corrected chi connectivity index (χ3v) is 4.70. The van der Waals surface area contributed by atoms with Gasteiger partial charge in [-0.05, 0) is 32.8 Å². The standard InChI is InChI=1S/C20H28N2O5/c1-20(2,3)27-19(24)22-11-15-9-10-25-17(15)16(12-22)21-18(23)26-13-14-7-5-4-6-8-14/h4-8,15-17H,9-13H2,1-3H3,(H,21,23). The number of alkyl carbamates (subject to hydrolysis) is 1. The smallest absolute Gasteiger partial charge is 0.410 e. The highest BCUT2D eigenvalue weighted by molar-refractivity contribution is 5.70. The van der Waals surface area contributed by atoms with Gasteiger partial charge in [0.25, 0.3) is 0 Å². The maximum absolute atomic E-state index is 12.5. The molecule has 2 aliphatic heterocycles. The first-order valence-electron chi connectivity index (χ1n) is 9.38. The van der Waals surface area contributed by atoms with Crippen molar-refractivity contribution in [1.82, 2.24) is 10.2 Å². The van der Waals surface area contributed by atoms with Gasteiger partial charge in [-0.1, -0.05) is 30.3 Å². The molecule has 1 N–H and O–H groups in total. The second kappa shape index (κ2) is 8.17. The summed E-state index contributed by atoms with van der Waals surface area (Å²) in [4.78, 5) is 26.4. The summed E-state index contributed by atoms with van der Waals surface area (Å²) < 4.78 is 16.6. The second-order valence-corrected chi connectivity index (χ2v) is 8.08. The van der Waals surface area contributed by atoms with Crippen LogP contribution in [0.2, 0.25) is 0 Å². The van der Waals surface area contributed by atoms with Crippen molar-refractivity contribution >= 4 is 12.2 Å². The van der Waals surface area contributed by atoms with Crippen LogP contribution in [0.5, 0.6) is 0 Å². The van der Waals surface area contributed by atoms with Crippen LogP contribution < -0.4 is 5.32 Å². The molecule has 2 amide bonds. The maximum Gasteiger partial charge on any atom is 0.410 e. The number of hydrogen-bond acceptors (Lipinski definition) is 5. The van der Waals surface area contributed by atoms with Crippen molar-refractivity contribution < 1.29 is 23.8 Å². The highest BCUT2D eigenvalue weighted by Crippen LogP contribution is 2.30. The van der Waals surface area contributed by atoms with Gasteiger partial charge < -0.3 is 24.4 Å². The number of benzene rings is 1. The Morgan fingerprint density at radius 2 is 1.96 bits per heavy atom. The molecule has 3 rings (SSSR count). The van der Waals surface area contributed by atoms with Crippen LogP contribution in [-0.2, 0) is 20.8 Å². The Kier molecular flexibility index (Phi) is 5.89. The summed E-state index contributed by atoms with van der Waals surface area (Å²) in [6, 6.07) is 9.18. The first-order chi connectivity index (χ1) is 12.8. The van der Waals surface area contributed by atoms with Crippen LogP contribution in [0.3, 0.4) is 0 Å². The monoisotopic (exact) mass is 376 g/mol. The molecule has 0 radical (unpaired) electrons. The zero-order chi connectivity index (χ0) is 19.4. The zero-order valence-electron chi connectivity index (χ0n) is 16.1. The van der Waals surface area contributed by atoms with Crippen molar-refractivity contribution in [3.8, 4) is 0 Å². The van der Waals surface area contributed by atoms with E-state index in [9.17, 15) is 9.59 Å². The number of ether oxygens (including phenoxy) is 3. The van der Waals surface area contributed by atoms with Gasteiger partial charge in [-0.25, -0.2) is 9.59 Å². The van der Waals surface area contributed by atoms with Gasteiger partial charge in [-0.2, -0.15) is 0 Å². The van der Waals surface area contributed by atoms with Crippen LogP contribution in [0.4, 0.5) is 9.59 Å². The van der Waals surface area contributed by atoms with Crippen LogP contribution in [0, 0.1) is 5.92 Å². The summed E-state index contributed by atoms with van der Waals surface area (Å²) in [5.74, 6) is 0.186. The number of rotatable bonds is 3. The lowest BCUT2D eigenvalue weighted by atomic mass is 9.91. The van der Waals surface area contributed by atoms with Gasteiger partial charge in [0.1, 0.15) is 12.2 Å². The van der Waals surface area contributed by atoms with E-state index in [2.05, 4.69) is 5.32 Å². The molecule has 2 saturated heterocycles. The number of fused-ring (bicyclic) bond motifs is 1. The predicted octanol–water partition coefficient (Wildman–Crippen LogP) is 2.94. The fourth-order valence-electron chi connectivity index (χ4n) is 3.51. The highest BCUT2D eigenvalue weighted by Gasteiger charge is 2.44. The Labute approximate surface area is 160 Å². The highest BCUT2D eigenvalue weighted by atomic mass is 16.6. The normalized spacial score (nSPS) is 24.9. The minimum absolute atomic E-state index is 0.104. The van der Waals surface area contributed by atoms with Gasteiger partial charge in [-0.15, -0.1) is 0 Å². The van der Waals surface area contributed by atoms with E-state index in [1.807, 2.05) is 51.1 Å². The first-order valence-corrected chi connectivity index (χ1v) is 9.38. The molecule has 7 heteroatoms. The molecule has 0 saturated carbocycles. The summed E-state index contributed by atoms with van der Waals surface area (Å²) >= 11 is 0. The van der Waals surface area contributed by atoms with Gasteiger partial charge in [-0.3, -0.25) is 0 Å². The van der Waals surface area contributed by atoms with Gasteiger partial charge in [0.05, 0.1) is 12.1 Å². The van der Waals surface area contributed by atoms with E-state index in [0.29, 0.717) is 19.7 Å². The molecule has 7 nitrogen and oxygen atoms in total. The molecule has 3 unspecified atom stereocenters. The van der Waals surface area contributed by atoms with Crippen LogP contribution in [0.25, 0.3) is 0 Å². The topological polar surface area (TPSA) is 77.1 Å². The van der Waals surface area contributed by atoms with Crippen LogP contribution in [-0.4, -0.2) is 54.5 Å². The van der Waals surface area contributed by atoms with Crippen molar-refractivity contribution in [2.75, 3.05) is 19.7 Å². The number of nitrogens with one attached hydrogen (secondary N) is 1. The summed E-state index contributed by atoms with van der Waals surface area (Å²) in [7, 11) is 0. The van der Waals surface area contributed by atoms with E-state index < -0.39 is 11.7 Å². The van der Waals surface area contributed by atoms with Crippen molar-refractivity contribution in [3.63, 3.8) is 0 Å². The number of likely N-dealkylation sites (tertiary alicyclic amines) is 1. The number of hydrogen-bond donors (Lipinski definition) is 1. The number of amides is 2. The lowest BCUT2D eigenvalue weighted by molar-refractivity contribution is -0.0167. The molecule has 3 atom stereocenters. The molecule has 1 aromatic carbocycles. The molecule has 0 aliphatic carbocycles. The van der Waals surface area contributed by atoms with Gasteiger partial charge in [0, 0.05) is 25.6 Å². The first kappa shape index (κ1) is 19.5. The molecular weight excluding hydrogens is 348 g/mol. The Morgan fingerprint density at radius 1 is 1.22 bits per heavy atom. The Bertz CT molecular complexity index is 658. The number of carbonyl (C=O) groups is 2. The summed E-state index contributed by atoms with van der Waals surface area (Å²) in [5, 5.41) is 2.87. The minimum Gasteiger partial charge on any atom is -0.445 e. The van der Waals surface area contributed by atoms with E-state index in [0.717, 1.165) is 12.0 Å². The van der Waals surface area contributed by atoms with Crippen LogP contribution >= 0.6 is 0 Å². The zero-order valence-corrected chi connectivity index (χ0v) is 16.1. The van der Waals surface area contributed by atoms with E-state index >= 15 is 0 Å². The van der Waals surface area contributed by atoms with Crippen molar-refractivity contribution in [2.24, 2.45) is 5.92 Å². The lowest BCUT2D eigenvalue weighted by Gasteiger charge is -2.40. The lowest BCUT2D eigenvalue weighted by Crippen LogP contribution is -2.59. The molecule has 2 aliphatic rings. The van der Waals surface area contributed by atoms with Gasteiger partial charge >= 0.3 is 12.2 Å². The second-order valence-electron chi connectivity index (χ2n) is 8.08. The van der Waals surface area contributed by atoms with E-state index in [-0.39, 0.29) is 30.8 Å². The molecule has 2 heterocycles. The maximum atomic E-state index is 12.5. The van der Waals surface area contributed by atoms with E-state index in [1.165, 1.54) is 0 Å². The quantitative estimate of drug-likeness (QED) is 0.878. The third-order valence-electron chi connectivity index (χ3n) is 4.70. The van der Waals surface area contributed by atoms with Crippen LogP contribution in [0.15, 0.2) is 30.3 Å². The Hall–Kier alpha value is -2.28. The predicted molar refractivity (Wildman–Crippen MR) is 99.2 cm³/mol. The molecular formula is C20H28N2O5. The van der Waals surface area contributed by atoms with Crippen molar-refractivity contribution in [2.45, 2.75) is 51.5 Å².